The standard InChI is InChI=1S/C28H31N3O6/c1-7-36-20-11-16-12-27(2,3)29-23(22(16)18-13-28(4,5)37-24(18)20)15-8-9-17(25(33)34)19(10-15)31-21(32)14-30(6)26(31)35/h8-11H,7,12-14H2,1-6H3,(H,33,34). The van der Waals surface area contributed by atoms with E-state index in [1.807, 2.05) is 40.7 Å². The van der Waals surface area contributed by atoms with Crippen molar-refractivity contribution >= 4 is 29.3 Å². The van der Waals surface area contributed by atoms with Crippen molar-refractivity contribution in [3.05, 3.63) is 52.1 Å². The lowest BCUT2D eigenvalue weighted by molar-refractivity contribution is -0.116. The van der Waals surface area contributed by atoms with Gasteiger partial charge in [0.25, 0.3) is 5.91 Å². The number of carboxylic acid groups (broad SMARTS) is 1. The largest absolute Gasteiger partial charge is 0.490 e. The number of amides is 3. The molecular weight excluding hydrogens is 474 g/mol. The van der Waals surface area contributed by atoms with E-state index in [0.717, 1.165) is 21.6 Å². The van der Waals surface area contributed by atoms with Crippen LogP contribution in [-0.2, 0) is 17.6 Å². The molecule has 3 aliphatic heterocycles. The minimum Gasteiger partial charge on any atom is -0.490 e. The van der Waals surface area contributed by atoms with Crippen LogP contribution in [-0.4, -0.2) is 65.0 Å². The van der Waals surface area contributed by atoms with E-state index in [1.54, 1.807) is 12.1 Å². The van der Waals surface area contributed by atoms with Gasteiger partial charge in [-0.15, -0.1) is 0 Å². The number of aliphatic imine (C=N–C) groups is 1. The molecule has 1 N–H and O–H groups in total. The number of hydrogen-bond donors (Lipinski definition) is 1. The molecule has 1 saturated heterocycles. The first-order valence-corrected chi connectivity index (χ1v) is 12.4. The van der Waals surface area contributed by atoms with Gasteiger partial charge in [-0.1, -0.05) is 6.07 Å². The quantitative estimate of drug-likeness (QED) is 0.614. The minimum absolute atomic E-state index is 0.0381. The van der Waals surface area contributed by atoms with Crippen molar-refractivity contribution in [2.45, 2.75) is 58.6 Å². The van der Waals surface area contributed by atoms with E-state index < -0.39 is 29.0 Å². The fourth-order valence-electron chi connectivity index (χ4n) is 5.44. The number of benzene rings is 2. The number of likely N-dealkylation sites (N-methyl/N-ethyl adjacent to an activating group) is 1. The van der Waals surface area contributed by atoms with Gasteiger partial charge in [0, 0.05) is 30.2 Å². The molecule has 0 saturated carbocycles. The fraction of sp³-hybridized carbons (Fsp3) is 0.429. The van der Waals surface area contributed by atoms with Crippen molar-refractivity contribution in [3.8, 4) is 11.5 Å². The molecule has 0 radical (unpaired) electrons. The van der Waals surface area contributed by atoms with Crippen LogP contribution in [0.3, 0.4) is 0 Å². The molecule has 1 fully saturated rings. The zero-order chi connectivity index (χ0) is 26.9. The summed E-state index contributed by atoms with van der Waals surface area (Å²) in [5.41, 5.74) is 3.34. The maximum Gasteiger partial charge on any atom is 0.337 e. The van der Waals surface area contributed by atoms with E-state index in [9.17, 15) is 19.5 Å². The zero-order valence-corrected chi connectivity index (χ0v) is 22.0. The Kier molecular flexibility index (Phi) is 5.58. The molecule has 5 rings (SSSR count). The summed E-state index contributed by atoms with van der Waals surface area (Å²) < 4.78 is 12.3. The van der Waals surface area contributed by atoms with E-state index in [1.165, 1.54) is 18.0 Å². The highest BCUT2D eigenvalue weighted by Gasteiger charge is 2.41. The number of anilines is 1. The SMILES string of the molecule is CCOc1cc2c(c3c1OC(C)(C)C3)C(c1ccc(C(=O)O)c(N3C(=O)CN(C)C3=O)c1)=NC(C)(C)C2. The summed E-state index contributed by atoms with van der Waals surface area (Å²) >= 11 is 0. The lowest BCUT2D eigenvalue weighted by Crippen LogP contribution is -2.33. The summed E-state index contributed by atoms with van der Waals surface area (Å²) in [5.74, 6) is -0.291. The predicted molar refractivity (Wildman–Crippen MR) is 138 cm³/mol. The Morgan fingerprint density at radius 2 is 1.89 bits per heavy atom. The van der Waals surface area contributed by atoms with Crippen molar-refractivity contribution in [2.24, 2.45) is 4.99 Å². The first-order valence-electron chi connectivity index (χ1n) is 12.4. The molecule has 3 aliphatic rings. The normalized spacial score (nSPS) is 19.4. The average molecular weight is 506 g/mol. The van der Waals surface area contributed by atoms with E-state index in [4.69, 9.17) is 14.5 Å². The molecule has 0 unspecified atom stereocenters. The maximum absolute atomic E-state index is 12.8. The number of hydrogen-bond acceptors (Lipinski definition) is 6. The molecule has 0 bridgehead atoms. The highest BCUT2D eigenvalue weighted by molar-refractivity contribution is 6.23. The molecule has 2 aromatic rings. The number of aromatic carboxylic acids is 1. The van der Waals surface area contributed by atoms with Crippen LogP contribution >= 0.6 is 0 Å². The fourth-order valence-corrected chi connectivity index (χ4v) is 5.44. The summed E-state index contributed by atoms with van der Waals surface area (Å²) in [6, 6.07) is 6.17. The third-order valence-corrected chi connectivity index (χ3v) is 6.86. The first-order chi connectivity index (χ1) is 17.3. The van der Waals surface area contributed by atoms with Crippen molar-refractivity contribution in [1.29, 1.82) is 0 Å². The second-order valence-corrected chi connectivity index (χ2v) is 11.0. The zero-order valence-electron chi connectivity index (χ0n) is 22.0. The lowest BCUT2D eigenvalue weighted by Gasteiger charge is -2.31. The maximum atomic E-state index is 12.8. The minimum atomic E-state index is -1.22. The molecule has 9 nitrogen and oxygen atoms in total. The van der Waals surface area contributed by atoms with E-state index in [2.05, 4.69) is 0 Å². The van der Waals surface area contributed by atoms with Crippen LogP contribution in [0.5, 0.6) is 11.5 Å². The smallest absolute Gasteiger partial charge is 0.337 e. The highest BCUT2D eigenvalue weighted by atomic mass is 16.5. The van der Waals surface area contributed by atoms with Crippen molar-refractivity contribution in [3.63, 3.8) is 0 Å². The predicted octanol–water partition coefficient (Wildman–Crippen LogP) is 4.07. The van der Waals surface area contributed by atoms with Gasteiger partial charge in [-0.2, -0.15) is 0 Å². The van der Waals surface area contributed by atoms with Crippen LogP contribution in [0, 0.1) is 0 Å². The molecule has 3 amide bonds. The topological polar surface area (TPSA) is 109 Å². The molecule has 194 valence electrons. The van der Waals surface area contributed by atoms with Gasteiger partial charge >= 0.3 is 12.0 Å². The molecule has 3 heterocycles. The molecule has 2 aromatic carbocycles. The van der Waals surface area contributed by atoms with Crippen LogP contribution in [0.2, 0.25) is 0 Å². The van der Waals surface area contributed by atoms with Gasteiger partial charge in [0.2, 0.25) is 0 Å². The van der Waals surface area contributed by atoms with Gasteiger partial charge < -0.3 is 19.5 Å². The number of carbonyl (C=O) groups excluding carboxylic acids is 2. The highest BCUT2D eigenvalue weighted by Crippen LogP contribution is 2.48. The van der Waals surface area contributed by atoms with Gasteiger partial charge in [-0.05, 0) is 64.8 Å². The number of urea groups is 1. The monoisotopic (exact) mass is 505 g/mol. The Morgan fingerprint density at radius 1 is 1.16 bits per heavy atom. The Labute approximate surface area is 215 Å². The third kappa shape index (κ3) is 4.12. The van der Waals surface area contributed by atoms with E-state index in [0.29, 0.717) is 42.2 Å². The molecule has 0 aromatic heterocycles. The van der Waals surface area contributed by atoms with Crippen molar-refractivity contribution in [1.82, 2.24) is 4.90 Å². The average Bonchev–Trinajstić information content (AvgIpc) is 3.25. The van der Waals surface area contributed by atoms with Gasteiger partial charge in [-0.25, -0.2) is 14.5 Å². The van der Waals surface area contributed by atoms with Gasteiger partial charge in [-0.3, -0.25) is 9.79 Å². The molecule has 0 spiro atoms. The van der Waals surface area contributed by atoms with Crippen LogP contribution in [0.25, 0.3) is 0 Å². The van der Waals surface area contributed by atoms with Crippen molar-refractivity contribution < 1.29 is 29.0 Å². The third-order valence-electron chi connectivity index (χ3n) is 6.86. The number of fused-ring (bicyclic) bond motifs is 3. The molecule has 0 aliphatic carbocycles. The Balaban J connectivity index is 1.74. The summed E-state index contributed by atoms with van der Waals surface area (Å²) in [7, 11) is 1.51. The first kappa shape index (κ1) is 24.8. The van der Waals surface area contributed by atoms with Crippen LogP contribution in [0.4, 0.5) is 10.5 Å². The van der Waals surface area contributed by atoms with Gasteiger partial charge in [0.1, 0.15) is 12.1 Å². The molecule has 0 atom stereocenters. The number of nitrogens with zero attached hydrogens (tertiary/aromatic N) is 3. The summed E-state index contributed by atoms with van der Waals surface area (Å²) in [5, 5.41) is 9.85. The molecule has 9 heteroatoms. The van der Waals surface area contributed by atoms with Gasteiger partial charge in [0.15, 0.2) is 11.5 Å². The summed E-state index contributed by atoms with van der Waals surface area (Å²) in [6.45, 7) is 10.5. The Morgan fingerprint density at radius 3 is 2.51 bits per heavy atom. The Bertz CT molecular complexity index is 1390. The number of rotatable bonds is 5. The van der Waals surface area contributed by atoms with Gasteiger partial charge in [0.05, 0.1) is 29.1 Å². The second kappa shape index (κ2) is 8.33. The van der Waals surface area contributed by atoms with E-state index >= 15 is 0 Å². The molecular formula is C28H31N3O6. The lowest BCUT2D eigenvalue weighted by atomic mass is 9.80. The van der Waals surface area contributed by atoms with Crippen molar-refractivity contribution in [2.75, 3.05) is 25.1 Å². The second-order valence-electron chi connectivity index (χ2n) is 11.0. The Hall–Kier alpha value is -3.88. The molecule has 37 heavy (non-hydrogen) atoms. The number of imide groups is 1. The van der Waals surface area contributed by atoms with Crippen LogP contribution in [0.15, 0.2) is 29.3 Å². The van der Waals surface area contributed by atoms with Crippen LogP contribution in [0.1, 0.15) is 67.2 Å². The number of carboxylic acids is 1. The van der Waals surface area contributed by atoms with Crippen LogP contribution < -0.4 is 14.4 Å². The summed E-state index contributed by atoms with van der Waals surface area (Å²) in [4.78, 5) is 44.8. The number of ether oxygens (including phenoxy) is 2. The van der Waals surface area contributed by atoms with E-state index in [-0.39, 0.29) is 17.8 Å². The summed E-state index contributed by atoms with van der Waals surface area (Å²) in [6.07, 6.45) is 1.34. The number of carbonyl (C=O) groups is 3.